The topological polar surface area (TPSA) is 32.3 Å². The van der Waals surface area contributed by atoms with E-state index < -0.39 is 0 Å². The van der Waals surface area contributed by atoms with Gasteiger partial charge in [-0.2, -0.15) is 0 Å². The van der Waals surface area contributed by atoms with Crippen LogP contribution in [0.4, 0.5) is 0 Å². The Balaban J connectivity index is 2.07. The van der Waals surface area contributed by atoms with E-state index in [1.54, 1.807) is 6.07 Å². The second-order valence-corrected chi connectivity index (χ2v) is 6.15. The van der Waals surface area contributed by atoms with E-state index in [1.807, 2.05) is 12.1 Å². The average Bonchev–Trinajstić information content (AvgIpc) is 2.37. The number of aliphatic hydroxyl groups excluding tert-OH is 1. The minimum Gasteiger partial charge on any atom is -0.393 e. The fraction of sp³-hybridized carbons (Fsp3) is 0.600. The summed E-state index contributed by atoms with van der Waals surface area (Å²) >= 11 is 12.2. The van der Waals surface area contributed by atoms with E-state index in [-0.39, 0.29) is 12.1 Å². The molecule has 0 bridgehead atoms. The minimum absolute atomic E-state index is 0.163. The van der Waals surface area contributed by atoms with Crippen molar-refractivity contribution < 1.29 is 5.11 Å². The van der Waals surface area contributed by atoms with Gasteiger partial charge in [0.15, 0.2) is 0 Å². The first-order chi connectivity index (χ1) is 9.10. The fourth-order valence-corrected chi connectivity index (χ4v) is 3.35. The Morgan fingerprint density at radius 3 is 2.79 bits per heavy atom. The maximum atomic E-state index is 9.74. The summed E-state index contributed by atoms with van der Waals surface area (Å²) in [6.07, 6.45) is 4.78. The second kappa shape index (κ2) is 6.94. The van der Waals surface area contributed by atoms with Crippen molar-refractivity contribution >= 4 is 23.2 Å². The largest absolute Gasteiger partial charge is 0.393 e. The van der Waals surface area contributed by atoms with Crippen molar-refractivity contribution in [1.29, 1.82) is 0 Å². The van der Waals surface area contributed by atoms with Crippen LogP contribution in [-0.4, -0.2) is 17.3 Å². The number of aliphatic hydroxyl groups is 1. The van der Waals surface area contributed by atoms with Crippen LogP contribution in [0.2, 0.25) is 10.0 Å². The van der Waals surface area contributed by atoms with E-state index in [0.29, 0.717) is 16.1 Å². The number of nitrogens with one attached hydrogen (secondary N) is 1. The molecule has 106 valence electrons. The van der Waals surface area contributed by atoms with E-state index >= 15 is 0 Å². The van der Waals surface area contributed by atoms with Crippen LogP contribution in [0.5, 0.6) is 0 Å². The van der Waals surface area contributed by atoms with Crippen molar-refractivity contribution in [3.8, 4) is 0 Å². The predicted octanol–water partition coefficient (Wildman–Crippen LogP) is 4.34. The van der Waals surface area contributed by atoms with E-state index in [4.69, 9.17) is 23.2 Å². The molecule has 1 aliphatic carbocycles. The summed E-state index contributed by atoms with van der Waals surface area (Å²) in [6.45, 7) is 2.14. The number of rotatable bonds is 4. The van der Waals surface area contributed by atoms with E-state index in [1.165, 1.54) is 0 Å². The van der Waals surface area contributed by atoms with Crippen molar-refractivity contribution in [3.05, 3.63) is 33.8 Å². The van der Waals surface area contributed by atoms with E-state index in [9.17, 15) is 5.11 Å². The normalized spacial score (nSPS) is 25.3. The SMILES string of the molecule is CCC(NC1CCCC(O)C1)c1ccc(Cl)cc1Cl. The smallest absolute Gasteiger partial charge is 0.0555 e. The summed E-state index contributed by atoms with van der Waals surface area (Å²) < 4.78 is 0. The highest BCUT2D eigenvalue weighted by Crippen LogP contribution is 2.30. The number of hydrogen-bond donors (Lipinski definition) is 2. The Labute approximate surface area is 125 Å². The monoisotopic (exact) mass is 301 g/mol. The molecule has 2 nitrogen and oxygen atoms in total. The Kier molecular flexibility index (Phi) is 5.52. The van der Waals surface area contributed by atoms with Gasteiger partial charge in [0, 0.05) is 22.1 Å². The van der Waals surface area contributed by atoms with Crippen LogP contribution in [0.25, 0.3) is 0 Å². The van der Waals surface area contributed by atoms with Crippen molar-refractivity contribution in [2.75, 3.05) is 0 Å². The van der Waals surface area contributed by atoms with Gasteiger partial charge >= 0.3 is 0 Å². The van der Waals surface area contributed by atoms with Gasteiger partial charge in [-0.1, -0.05) is 36.2 Å². The Morgan fingerprint density at radius 1 is 1.37 bits per heavy atom. The highest BCUT2D eigenvalue weighted by molar-refractivity contribution is 6.35. The van der Waals surface area contributed by atoms with Gasteiger partial charge in [0.2, 0.25) is 0 Å². The molecule has 3 atom stereocenters. The molecule has 0 aliphatic heterocycles. The molecular formula is C15H21Cl2NO. The molecular weight excluding hydrogens is 281 g/mol. The van der Waals surface area contributed by atoms with Crippen LogP contribution < -0.4 is 5.32 Å². The molecule has 3 unspecified atom stereocenters. The summed E-state index contributed by atoms with van der Waals surface area (Å²) in [5.41, 5.74) is 1.09. The zero-order chi connectivity index (χ0) is 13.8. The van der Waals surface area contributed by atoms with Crippen LogP contribution in [0.3, 0.4) is 0 Å². The van der Waals surface area contributed by atoms with Crippen LogP contribution in [-0.2, 0) is 0 Å². The third kappa shape index (κ3) is 4.09. The standard InChI is InChI=1S/C15H21Cl2NO/c1-2-15(13-7-6-10(16)8-14(13)17)18-11-4-3-5-12(19)9-11/h6-8,11-12,15,18-19H,2-5,9H2,1H3. The number of benzene rings is 1. The lowest BCUT2D eigenvalue weighted by molar-refractivity contribution is 0.108. The molecule has 4 heteroatoms. The molecule has 0 radical (unpaired) electrons. The zero-order valence-corrected chi connectivity index (χ0v) is 12.7. The summed E-state index contributed by atoms with van der Waals surface area (Å²) in [4.78, 5) is 0. The van der Waals surface area contributed by atoms with Gasteiger partial charge in [-0.25, -0.2) is 0 Å². The first-order valence-electron chi connectivity index (χ1n) is 6.99. The van der Waals surface area contributed by atoms with Gasteiger partial charge in [0.1, 0.15) is 0 Å². The Morgan fingerprint density at radius 2 is 2.16 bits per heavy atom. The molecule has 1 fully saturated rings. The van der Waals surface area contributed by atoms with Crippen LogP contribution in [0.15, 0.2) is 18.2 Å². The molecule has 1 saturated carbocycles. The lowest BCUT2D eigenvalue weighted by Crippen LogP contribution is -2.38. The van der Waals surface area contributed by atoms with Gasteiger partial charge < -0.3 is 10.4 Å². The molecule has 0 heterocycles. The zero-order valence-electron chi connectivity index (χ0n) is 11.2. The second-order valence-electron chi connectivity index (χ2n) is 5.31. The number of halogens is 2. The van der Waals surface area contributed by atoms with Gasteiger partial charge in [0.25, 0.3) is 0 Å². The highest BCUT2D eigenvalue weighted by atomic mass is 35.5. The summed E-state index contributed by atoms with van der Waals surface area (Å²) in [7, 11) is 0. The maximum absolute atomic E-state index is 9.74. The molecule has 2 rings (SSSR count). The third-order valence-corrected chi connectivity index (χ3v) is 4.39. The van der Waals surface area contributed by atoms with Crippen LogP contribution in [0, 0.1) is 0 Å². The molecule has 0 amide bonds. The van der Waals surface area contributed by atoms with Crippen molar-refractivity contribution in [2.24, 2.45) is 0 Å². The van der Waals surface area contributed by atoms with Crippen molar-refractivity contribution in [1.82, 2.24) is 5.32 Å². The predicted molar refractivity (Wildman–Crippen MR) is 80.9 cm³/mol. The lowest BCUT2D eigenvalue weighted by atomic mass is 9.91. The van der Waals surface area contributed by atoms with Crippen LogP contribution in [0.1, 0.15) is 50.6 Å². The number of hydrogen-bond acceptors (Lipinski definition) is 2. The molecule has 2 N–H and O–H groups in total. The van der Waals surface area contributed by atoms with Crippen molar-refractivity contribution in [2.45, 2.75) is 57.2 Å². The molecule has 0 saturated heterocycles. The maximum Gasteiger partial charge on any atom is 0.0555 e. The van der Waals surface area contributed by atoms with Gasteiger partial charge in [-0.05, 0) is 49.8 Å². The lowest BCUT2D eigenvalue weighted by Gasteiger charge is -2.31. The summed E-state index contributed by atoms with van der Waals surface area (Å²) in [5, 5.41) is 14.7. The Hall–Kier alpha value is -0.280. The molecule has 1 aliphatic rings. The first kappa shape index (κ1) is 15.1. The molecule has 1 aromatic carbocycles. The highest BCUT2D eigenvalue weighted by Gasteiger charge is 2.23. The summed E-state index contributed by atoms with van der Waals surface area (Å²) in [5.74, 6) is 0. The fourth-order valence-electron chi connectivity index (χ4n) is 2.81. The summed E-state index contributed by atoms with van der Waals surface area (Å²) in [6, 6.07) is 6.26. The first-order valence-corrected chi connectivity index (χ1v) is 7.74. The van der Waals surface area contributed by atoms with Gasteiger partial charge in [-0.3, -0.25) is 0 Å². The molecule has 1 aromatic rings. The van der Waals surface area contributed by atoms with Crippen LogP contribution >= 0.6 is 23.2 Å². The van der Waals surface area contributed by atoms with Gasteiger partial charge in [0.05, 0.1) is 6.10 Å². The Bertz CT molecular complexity index is 425. The average molecular weight is 302 g/mol. The molecule has 19 heavy (non-hydrogen) atoms. The quantitative estimate of drug-likeness (QED) is 0.867. The van der Waals surface area contributed by atoms with E-state index in [2.05, 4.69) is 12.2 Å². The third-order valence-electron chi connectivity index (χ3n) is 3.83. The van der Waals surface area contributed by atoms with Crippen molar-refractivity contribution in [3.63, 3.8) is 0 Å². The van der Waals surface area contributed by atoms with Gasteiger partial charge in [-0.15, -0.1) is 0 Å². The molecule has 0 spiro atoms. The van der Waals surface area contributed by atoms with E-state index in [0.717, 1.165) is 37.7 Å². The molecule has 0 aromatic heterocycles. The minimum atomic E-state index is -0.163.